The van der Waals surface area contributed by atoms with E-state index in [-0.39, 0.29) is 27.9 Å². The van der Waals surface area contributed by atoms with Gasteiger partial charge in [-0.2, -0.15) is 0 Å². The second-order valence-electron chi connectivity index (χ2n) is 6.61. The first-order chi connectivity index (χ1) is 12.6. The van der Waals surface area contributed by atoms with E-state index in [2.05, 4.69) is 10.3 Å². The largest absolute Gasteiger partial charge is 0.379 e. The summed E-state index contributed by atoms with van der Waals surface area (Å²) >= 11 is 12.1. The highest BCUT2D eigenvalue weighted by molar-refractivity contribution is 6.45. The number of hydrogen-bond acceptors (Lipinski definition) is 4. The molecule has 0 aliphatic carbocycles. The Labute approximate surface area is 160 Å². The molecule has 0 radical (unpaired) electrons. The lowest BCUT2D eigenvalue weighted by Gasteiger charge is -2.29. The molecule has 2 aliphatic rings. The first kappa shape index (κ1) is 18.0. The number of aromatic nitrogens is 2. The maximum atomic E-state index is 14.9. The molecule has 1 saturated heterocycles. The Morgan fingerprint density at radius 1 is 1.42 bits per heavy atom. The molecule has 0 spiro atoms. The Morgan fingerprint density at radius 3 is 2.96 bits per heavy atom. The molecule has 1 unspecified atom stereocenters. The molecule has 26 heavy (non-hydrogen) atoms. The van der Waals surface area contributed by atoms with Crippen molar-refractivity contribution in [3.8, 4) is 0 Å². The second-order valence-corrected chi connectivity index (χ2v) is 7.40. The van der Waals surface area contributed by atoms with E-state index in [0.29, 0.717) is 50.1 Å². The number of carbonyl (C=O) groups is 1. The zero-order chi connectivity index (χ0) is 18.3. The number of fused-ring (bicyclic) bond motifs is 3. The maximum Gasteiger partial charge on any atom is 0.225 e. The van der Waals surface area contributed by atoms with E-state index in [0.717, 1.165) is 13.0 Å². The van der Waals surface area contributed by atoms with Crippen molar-refractivity contribution in [3.63, 3.8) is 0 Å². The molecule has 2 aliphatic heterocycles. The van der Waals surface area contributed by atoms with Gasteiger partial charge in [0.2, 0.25) is 5.91 Å². The number of hydrogen-bond donors (Lipinski definition) is 1. The van der Waals surface area contributed by atoms with Gasteiger partial charge in [-0.15, -0.1) is 0 Å². The molecule has 140 valence electrons. The highest BCUT2D eigenvalue weighted by Gasteiger charge is 2.28. The molecule has 6 nitrogen and oxygen atoms in total. The molecule has 4 heterocycles. The van der Waals surface area contributed by atoms with Gasteiger partial charge in [-0.3, -0.25) is 4.79 Å². The highest BCUT2D eigenvalue weighted by atomic mass is 35.5. The quantitative estimate of drug-likeness (QED) is 0.783. The van der Waals surface area contributed by atoms with Crippen LogP contribution in [0.15, 0.2) is 6.20 Å². The Balaban J connectivity index is 1.43. The smallest absolute Gasteiger partial charge is 0.225 e. The van der Waals surface area contributed by atoms with E-state index < -0.39 is 5.82 Å². The van der Waals surface area contributed by atoms with Crippen molar-refractivity contribution in [2.24, 2.45) is 0 Å². The number of nitrogens with one attached hydrogen (secondary N) is 1. The Kier molecular flexibility index (Phi) is 5.05. The first-order valence-corrected chi connectivity index (χ1v) is 9.41. The third-order valence-electron chi connectivity index (χ3n) is 5.00. The van der Waals surface area contributed by atoms with Gasteiger partial charge in [0, 0.05) is 25.3 Å². The van der Waals surface area contributed by atoms with Crippen molar-refractivity contribution >= 4 is 40.1 Å². The summed E-state index contributed by atoms with van der Waals surface area (Å²) in [5.74, 6) is -0.496. The van der Waals surface area contributed by atoms with E-state index in [9.17, 15) is 9.18 Å². The standard InChI is InChI=1S/C17H19Cl2FN4O2/c18-11-7-22-17-14(15(11)19)16(20)12-8-23(4-5-24(12)17)13(25)2-6-26-9-10-1-3-21-10/h7,10,21H,1-6,8-9H2. The molecule has 9 heteroatoms. The minimum absolute atomic E-state index is 0.0421. The van der Waals surface area contributed by atoms with Gasteiger partial charge in [0.25, 0.3) is 0 Å². The number of halogens is 3. The van der Waals surface area contributed by atoms with E-state index in [1.807, 2.05) is 0 Å². The summed E-state index contributed by atoms with van der Waals surface area (Å²) in [4.78, 5) is 18.3. The maximum absolute atomic E-state index is 14.9. The zero-order valence-electron chi connectivity index (χ0n) is 14.1. The Bertz CT molecular complexity index is 853. The number of carbonyl (C=O) groups excluding carboxylic acids is 1. The minimum Gasteiger partial charge on any atom is -0.379 e. The van der Waals surface area contributed by atoms with Crippen LogP contribution in [0.1, 0.15) is 18.5 Å². The summed E-state index contributed by atoms with van der Waals surface area (Å²) < 4.78 is 22.2. The predicted octanol–water partition coefficient (Wildman–Crippen LogP) is 2.59. The highest BCUT2D eigenvalue weighted by Crippen LogP contribution is 2.35. The van der Waals surface area contributed by atoms with Crippen molar-refractivity contribution < 1.29 is 13.9 Å². The third-order valence-corrected chi connectivity index (χ3v) is 5.78. The second kappa shape index (κ2) is 7.31. The minimum atomic E-state index is -0.454. The van der Waals surface area contributed by atoms with Crippen molar-refractivity contribution in [1.82, 2.24) is 19.8 Å². The molecule has 1 atom stereocenters. The molecule has 1 N–H and O–H groups in total. The third kappa shape index (κ3) is 3.17. The van der Waals surface area contributed by atoms with Crippen LogP contribution in [-0.2, 0) is 22.6 Å². The molecule has 4 rings (SSSR count). The molecule has 2 aromatic heterocycles. The van der Waals surface area contributed by atoms with Crippen LogP contribution in [0, 0.1) is 5.82 Å². The molecule has 2 aromatic rings. The van der Waals surface area contributed by atoms with Crippen LogP contribution in [-0.4, -0.2) is 52.7 Å². The lowest BCUT2D eigenvalue weighted by Crippen LogP contribution is -2.46. The molecule has 0 saturated carbocycles. The summed E-state index contributed by atoms with van der Waals surface area (Å²) in [6, 6.07) is 0.411. The van der Waals surface area contributed by atoms with Gasteiger partial charge in [0.05, 0.1) is 47.3 Å². The van der Waals surface area contributed by atoms with Crippen molar-refractivity contribution in [1.29, 1.82) is 0 Å². The molecule has 1 amide bonds. The van der Waals surface area contributed by atoms with Crippen LogP contribution >= 0.6 is 23.2 Å². The summed E-state index contributed by atoms with van der Waals surface area (Å²) in [6.45, 7) is 3.20. The topological polar surface area (TPSA) is 59.4 Å². The van der Waals surface area contributed by atoms with Gasteiger partial charge < -0.3 is 19.5 Å². The lowest BCUT2D eigenvalue weighted by atomic mass is 10.1. The fraction of sp³-hybridized carbons (Fsp3) is 0.529. The Hall–Kier alpha value is -1.41. The number of amides is 1. The average molecular weight is 401 g/mol. The van der Waals surface area contributed by atoms with Gasteiger partial charge in [0.15, 0.2) is 5.82 Å². The van der Waals surface area contributed by atoms with Crippen LogP contribution in [0.3, 0.4) is 0 Å². The zero-order valence-corrected chi connectivity index (χ0v) is 15.6. The van der Waals surface area contributed by atoms with Crippen LogP contribution in [0.5, 0.6) is 0 Å². The summed E-state index contributed by atoms with van der Waals surface area (Å²) in [6.07, 6.45) is 2.83. The number of nitrogens with zero attached hydrogens (tertiary/aromatic N) is 3. The molecule has 0 bridgehead atoms. The fourth-order valence-electron chi connectivity index (χ4n) is 3.37. The average Bonchev–Trinajstić information content (AvgIpc) is 2.89. The molecular weight excluding hydrogens is 382 g/mol. The first-order valence-electron chi connectivity index (χ1n) is 8.65. The SMILES string of the molecule is O=C(CCOCC1CCN1)N1CCn2c(c(F)c3c(Cl)c(Cl)cnc32)C1. The fourth-order valence-corrected chi connectivity index (χ4v) is 3.73. The summed E-state index contributed by atoms with van der Waals surface area (Å²) in [5.41, 5.74) is 0.881. The monoisotopic (exact) mass is 400 g/mol. The summed E-state index contributed by atoms with van der Waals surface area (Å²) in [5, 5.41) is 3.84. The molecular formula is C17H19Cl2FN4O2. The summed E-state index contributed by atoms with van der Waals surface area (Å²) in [7, 11) is 0. The van der Waals surface area contributed by atoms with Gasteiger partial charge in [-0.25, -0.2) is 9.37 Å². The normalized spacial score (nSPS) is 19.5. The van der Waals surface area contributed by atoms with Crippen LogP contribution in [0.2, 0.25) is 10.0 Å². The van der Waals surface area contributed by atoms with Crippen LogP contribution in [0.25, 0.3) is 11.0 Å². The van der Waals surface area contributed by atoms with Crippen LogP contribution in [0.4, 0.5) is 4.39 Å². The van der Waals surface area contributed by atoms with E-state index in [4.69, 9.17) is 27.9 Å². The van der Waals surface area contributed by atoms with Gasteiger partial charge >= 0.3 is 0 Å². The van der Waals surface area contributed by atoms with Crippen molar-refractivity contribution in [2.45, 2.75) is 32.0 Å². The van der Waals surface area contributed by atoms with E-state index >= 15 is 0 Å². The van der Waals surface area contributed by atoms with Gasteiger partial charge in [-0.05, 0) is 13.0 Å². The molecule has 1 fully saturated rings. The number of pyridine rings is 1. The van der Waals surface area contributed by atoms with Gasteiger partial charge in [0.1, 0.15) is 5.65 Å². The van der Waals surface area contributed by atoms with Crippen LogP contribution < -0.4 is 5.32 Å². The number of rotatable bonds is 5. The van der Waals surface area contributed by atoms with Crippen molar-refractivity contribution in [2.75, 3.05) is 26.3 Å². The van der Waals surface area contributed by atoms with E-state index in [1.54, 1.807) is 9.47 Å². The predicted molar refractivity (Wildman–Crippen MR) is 97.0 cm³/mol. The van der Waals surface area contributed by atoms with Crippen molar-refractivity contribution in [3.05, 3.63) is 27.8 Å². The van der Waals surface area contributed by atoms with Gasteiger partial charge in [-0.1, -0.05) is 23.2 Å². The van der Waals surface area contributed by atoms with E-state index in [1.165, 1.54) is 6.20 Å². The Morgan fingerprint density at radius 2 is 2.23 bits per heavy atom. The molecule has 0 aromatic carbocycles. The number of ether oxygens (including phenoxy) is 1. The lowest BCUT2D eigenvalue weighted by molar-refractivity contribution is -0.133.